The van der Waals surface area contributed by atoms with Gasteiger partial charge in [-0.1, -0.05) is 38.1 Å². The van der Waals surface area contributed by atoms with Gasteiger partial charge < -0.3 is 4.74 Å². The molecule has 0 aliphatic rings. The van der Waals surface area contributed by atoms with Crippen LogP contribution in [0.2, 0.25) is 0 Å². The van der Waals surface area contributed by atoms with Crippen LogP contribution in [0.15, 0.2) is 36.4 Å². The van der Waals surface area contributed by atoms with Gasteiger partial charge in [-0.3, -0.25) is 4.79 Å². The van der Waals surface area contributed by atoms with Crippen molar-refractivity contribution < 1.29 is 9.53 Å². The summed E-state index contributed by atoms with van der Waals surface area (Å²) in [6, 6.07) is 12.0. The van der Waals surface area contributed by atoms with Crippen molar-refractivity contribution in [3.05, 3.63) is 42.0 Å². The SMILES string of the molecule is CC(=O)Oc1ccc2c(C(C)C)cccc2c1. The summed E-state index contributed by atoms with van der Waals surface area (Å²) in [5.41, 5.74) is 1.32. The Morgan fingerprint density at radius 2 is 1.94 bits per heavy atom. The fourth-order valence-electron chi connectivity index (χ4n) is 2.02. The van der Waals surface area contributed by atoms with Gasteiger partial charge in [0.15, 0.2) is 0 Å². The highest BCUT2D eigenvalue weighted by molar-refractivity contribution is 5.88. The molecule has 0 spiro atoms. The molecule has 17 heavy (non-hydrogen) atoms. The second-order valence-electron chi connectivity index (χ2n) is 4.48. The van der Waals surface area contributed by atoms with Gasteiger partial charge in [0, 0.05) is 6.92 Å². The standard InChI is InChI=1S/C15H16O2/c1-10(2)14-6-4-5-12-9-13(17-11(3)16)7-8-15(12)14/h4-10H,1-3H3. The maximum absolute atomic E-state index is 10.9. The minimum Gasteiger partial charge on any atom is -0.427 e. The van der Waals surface area contributed by atoms with Crippen molar-refractivity contribution in [2.75, 3.05) is 0 Å². The van der Waals surface area contributed by atoms with Crippen LogP contribution in [0.25, 0.3) is 10.8 Å². The van der Waals surface area contributed by atoms with Gasteiger partial charge in [-0.05, 0) is 34.4 Å². The maximum Gasteiger partial charge on any atom is 0.308 e. The van der Waals surface area contributed by atoms with E-state index >= 15 is 0 Å². The number of carbonyl (C=O) groups excluding carboxylic acids is 1. The number of benzene rings is 2. The lowest BCUT2D eigenvalue weighted by molar-refractivity contribution is -0.131. The molecule has 0 N–H and O–H groups in total. The molecule has 0 saturated carbocycles. The van der Waals surface area contributed by atoms with Crippen molar-refractivity contribution in [1.29, 1.82) is 0 Å². The first-order chi connectivity index (χ1) is 8.08. The summed E-state index contributed by atoms with van der Waals surface area (Å²) in [6.07, 6.45) is 0. The van der Waals surface area contributed by atoms with Crippen LogP contribution in [-0.2, 0) is 4.79 Å². The highest BCUT2D eigenvalue weighted by Gasteiger charge is 2.06. The average Bonchev–Trinajstić information content (AvgIpc) is 2.26. The van der Waals surface area contributed by atoms with E-state index in [2.05, 4.69) is 19.9 Å². The molecule has 0 amide bonds. The second kappa shape index (κ2) is 4.58. The van der Waals surface area contributed by atoms with Crippen molar-refractivity contribution in [3.8, 4) is 5.75 Å². The molecule has 2 heteroatoms. The van der Waals surface area contributed by atoms with Gasteiger partial charge in [0.25, 0.3) is 0 Å². The van der Waals surface area contributed by atoms with Crippen LogP contribution in [0.4, 0.5) is 0 Å². The zero-order valence-electron chi connectivity index (χ0n) is 10.4. The molecular weight excluding hydrogens is 212 g/mol. The molecule has 0 aliphatic carbocycles. The Labute approximate surface area is 101 Å². The summed E-state index contributed by atoms with van der Waals surface area (Å²) in [5.74, 6) is 0.800. The number of rotatable bonds is 2. The Bertz CT molecular complexity index is 556. The lowest BCUT2D eigenvalue weighted by Gasteiger charge is -2.10. The van der Waals surface area contributed by atoms with Crippen molar-refractivity contribution in [2.45, 2.75) is 26.7 Å². The molecule has 0 saturated heterocycles. The van der Waals surface area contributed by atoms with E-state index in [1.54, 1.807) is 0 Å². The molecule has 0 bridgehead atoms. The Morgan fingerprint density at radius 1 is 1.18 bits per heavy atom. The number of fused-ring (bicyclic) bond motifs is 1. The third kappa shape index (κ3) is 2.47. The van der Waals surface area contributed by atoms with E-state index in [0.29, 0.717) is 11.7 Å². The zero-order chi connectivity index (χ0) is 12.4. The lowest BCUT2D eigenvalue weighted by atomic mass is 9.96. The summed E-state index contributed by atoms with van der Waals surface area (Å²) in [4.78, 5) is 10.9. The van der Waals surface area contributed by atoms with E-state index in [4.69, 9.17) is 4.74 Å². The molecule has 0 aromatic heterocycles. The highest BCUT2D eigenvalue weighted by Crippen LogP contribution is 2.28. The van der Waals surface area contributed by atoms with Gasteiger partial charge in [0.2, 0.25) is 0 Å². The predicted octanol–water partition coefficient (Wildman–Crippen LogP) is 3.89. The molecule has 0 aliphatic heterocycles. The number of carbonyl (C=O) groups is 1. The Kier molecular flexibility index (Phi) is 3.14. The monoisotopic (exact) mass is 228 g/mol. The number of ether oxygens (including phenoxy) is 1. The summed E-state index contributed by atoms with van der Waals surface area (Å²) in [5, 5.41) is 2.33. The normalized spacial score (nSPS) is 10.8. The number of hydrogen-bond acceptors (Lipinski definition) is 2. The van der Waals surface area contributed by atoms with Crippen LogP contribution in [0, 0.1) is 0 Å². The average molecular weight is 228 g/mol. The topological polar surface area (TPSA) is 26.3 Å². The highest BCUT2D eigenvalue weighted by atomic mass is 16.5. The molecule has 0 unspecified atom stereocenters. The molecule has 0 heterocycles. The van der Waals surface area contributed by atoms with Crippen LogP contribution in [0.3, 0.4) is 0 Å². The molecule has 2 aromatic rings. The van der Waals surface area contributed by atoms with E-state index in [-0.39, 0.29) is 5.97 Å². The Hall–Kier alpha value is -1.83. The van der Waals surface area contributed by atoms with Crippen molar-refractivity contribution in [3.63, 3.8) is 0 Å². The van der Waals surface area contributed by atoms with E-state index < -0.39 is 0 Å². The predicted molar refractivity (Wildman–Crippen MR) is 69.3 cm³/mol. The first kappa shape index (κ1) is 11.6. The minimum absolute atomic E-state index is 0.288. The van der Waals surface area contributed by atoms with E-state index in [0.717, 1.165) is 5.39 Å². The van der Waals surface area contributed by atoms with Gasteiger partial charge in [0.1, 0.15) is 5.75 Å². The van der Waals surface area contributed by atoms with Crippen LogP contribution in [0.5, 0.6) is 5.75 Å². The fourth-order valence-corrected chi connectivity index (χ4v) is 2.02. The third-order valence-electron chi connectivity index (χ3n) is 2.77. The molecular formula is C15H16O2. The molecule has 2 nitrogen and oxygen atoms in total. The maximum atomic E-state index is 10.9. The minimum atomic E-state index is -0.288. The number of hydrogen-bond donors (Lipinski definition) is 0. The van der Waals surface area contributed by atoms with Gasteiger partial charge in [-0.25, -0.2) is 0 Å². The Morgan fingerprint density at radius 3 is 2.59 bits per heavy atom. The van der Waals surface area contributed by atoms with E-state index in [1.807, 2.05) is 30.3 Å². The van der Waals surface area contributed by atoms with Crippen molar-refractivity contribution >= 4 is 16.7 Å². The van der Waals surface area contributed by atoms with E-state index in [1.165, 1.54) is 17.9 Å². The zero-order valence-corrected chi connectivity index (χ0v) is 10.4. The van der Waals surface area contributed by atoms with Crippen LogP contribution >= 0.6 is 0 Å². The first-order valence-corrected chi connectivity index (χ1v) is 5.79. The van der Waals surface area contributed by atoms with Crippen molar-refractivity contribution in [1.82, 2.24) is 0 Å². The molecule has 0 radical (unpaired) electrons. The van der Waals surface area contributed by atoms with Crippen molar-refractivity contribution in [2.24, 2.45) is 0 Å². The molecule has 0 atom stereocenters. The summed E-state index contributed by atoms with van der Waals surface area (Å²) in [6.45, 7) is 5.76. The summed E-state index contributed by atoms with van der Waals surface area (Å²) < 4.78 is 5.08. The largest absolute Gasteiger partial charge is 0.427 e. The summed E-state index contributed by atoms with van der Waals surface area (Å²) >= 11 is 0. The van der Waals surface area contributed by atoms with Gasteiger partial charge >= 0.3 is 5.97 Å². The van der Waals surface area contributed by atoms with Gasteiger partial charge in [0.05, 0.1) is 0 Å². The lowest BCUT2D eigenvalue weighted by Crippen LogP contribution is -2.01. The van der Waals surface area contributed by atoms with Crippen LogP contribution in [-0.4, -0.2) is 5.97 Å². The molecule has 2 aromatic carbocycles. The first-order valence-electron chi connectivity index (χ1n) is 5.79. The van der Waals surface area contributed by atoms with E-state index in [9.17, 15) is 4.79 Å². The van der Waals surface area contributed by atoms with Gasteiger partial charge in [-0.2, -0.15) is 0 Å². The molecule has 88 valence electrons. The molecule has 2 rings (SSSR count). The Balaban J connectivity index is 2.53. The molecule has 0 fully saturated rings. The second-order valence-corrected chi connectivity index (χ2v) is 4.48. The van der Waals surface area contributed by atoms with Crippen LogP contribution in [0.1, 0.15) is 32.3 Å². The fraction of sp³-hybridized carbons (Fsp3) is 0.267. The van der Waals surface area contributed by atoms with Crippen LogP contribution < -0.4 is 4.74 Å². The third-order valence-corrected chi connectivity index (χ3v) is 2.77. The quantitative estimate of drug-likeness (QED) is 0.575. The number of esters is 1. The summed E-state index contributed by atoms with van der Waals surface area (Å²) in [7, 11) is 0. The van der Waals surface area contributed by atoms with Gasteiger partial charge in [-0.15, -0.1) is 0 Å². The smallest absolute Gasteiger partial charge is 0.308 e.